The molecule has 0 fully saturated rings. The summed E-state index contributed by atoms with van der Waals surface area (Å²) in [5, 5.41) is 8.05. The third-order valence-electron chi connectivity index (χ3n) is 7.05. The van der Waals surface area contributed by atoms with Gasteiger partial charge in [0.25, 0.3) is 0 Å². The van der Waals surface area contributed by atoms with E-state index in [1.54, 1.807) is 36.9 Å². The molecule has 198 valence electrons. The van der Waals surface area contributed by atoms with Crippen LogP contribution < -0.4 is 14.8 Å². The zero-order chi connectivity index (χ0) is 26.8. The number of methoxy groups -OCH3 is 2. The van der Waals surface area contributed by atoms with E-state index in [4.69, 9.17) is 19.4 Å². The van der Waals surface area contributed by atoms with Crippen molar-refractivity contribution in [3.63, 3.8) is 0 Å². The van der Waals surface area contributed by atoms with E-state index in [1.807, 2.05) is 24.4 Å². The highest BCUT2D eigenvalue weighted by molar-refractivity contribution is 5.62. The standard InChI is InChI=1S/C30H29FN6O2/c1-38-26-12-11-20(15-27(26)39-2)16-32-30-33-17-23(19-36-14-13-21-7-3-4-8-22(21)18-36)29-34-28(35-37(29)30)24-9-5-6-10-25(24)31/h3-12,15,17H,13-14,16,18-19H2,1-2H3,(H,32,33). The minimum Gasteiger partial charge on any atom is -0.493 e. The number of rotatable bonds is 8. The van der Waals surface area contributed by atoms with Crippen LogP contribution in [0.3, 0.4) is 0 Å². The van der Waals surface area contributed by atoms with Crippen LogP contribution in [0.4, 0.5) is 10.3 Å². The predicted molar refractivity (Wildman–Crippen MR) is 147 cm³/mol. The Labute approximate surface area is 226 Å². The van der Waals surface area contributed by atoms with Crippen LogP contribution in [0.25, 0.3) is 17.0 Å². The van der Waals surface area contributed by atoms with E-state index in [0.29, 0.717) is 47.6 Å². The summed E-state index contributed by atoms with van der Waals surface area (Å²) < 4.78 is 27.1. The lowest BCUT2D eigenvalue weighted by Crippen LogP contribution is -2.30. The first-order chi connectivity index (χ1) is 19.1. The molecule has 3 aromatic carbocycles. The maximum Gasteiger partial charge on any atom is 0.226 e. The highest BCUT2D eigenvalue weighted by atomic mass is 19.1. The molecule has 9 heteroatoms. The fourth-order valence-electron chi connectivity index (χ4n) is 5.01. The molecular formula is C30H29FN6O2. The summed E-state index contributed by atoms with van der Waals surface area (Å²) in [7, 11) is 3.22. The Morgan fingerprint density at radius 2 is 1.74 bits per heavy atom. The Kier molecular flexibility index (Phi) is 6.81. The summed E-state index contributed by atoms with van der Waals surface area (Å²) >= 11 is 0. The van der Waals surface area contributed by atoms with Crippen molar-refractivity contribution in [1.29, 1.82) is 0 Å². The maximum absolute atomic E-state index is 14.7. The summed E-state index contributed by atoms with van der Waals surface area (Å²) in [6, 6.07) is 20.8. The molecule has 0 atom stereocenters. The van der Waals surface area contributed by atoms with Gasteiger partial charge < -0.3 is 14.8 Å². The van der Waals surface area contributed by atoms with E-state index in [-0.39, 0.29) is 5.82 Å². The van der Waals surface area contributed by atoms with E-state index in [0.717, 1.165) is 30.6 Å². The number of hydrogen-bond donors (Lipinski definition) is 1. The number of hydrogen-bond acceptors (Lipinski definition) is 7. The average Bonchev–Trinajstić information content (AvgIpc) is 3.42. The lowest BCUT2D eigenvalue weighted by atomic mass is 10.00. The summed E-state index contributed by atoms with van der Waals surface area (Å²) in [6.07, 6.45) is 2.84. The summed E-state index contributed by atoms with van der Waals surface area (Å²) in [6.45, 7) is 2.93. The molecule has 0 unspecified atom stereocenters. The SMILES string of the molecule is COc1ccc(CNc2ncc(CN3CCc4ccccc4C3)c3nc(-c4ccccc4F)nn23)cc1OC. The van der Waals surface area contributed by atoms with Crippen molar-refractivity contribution in [3.05, 3.63) is 101 Å². The molecule has 39 heavy (non-hydrogen) atoms. The number of fused-ring (bicyclic) bond motifs is 2. The molecule has 8 nitrogen and oxygen atoms in total. The lowest BCUT2D eigenvalue weighted by molar-refractivity contribution is 0.246. The number of anilines is 1. The van der Waals surface area contributed by atoms with Crippen molar-refractivity contribution in [1.82, 2.24) is 24.5 Å². The third-order valence-corrected chi connectivity index (χ3v) is 7.05. The highest BCUT2D eigenvalue weighted by Gasteiger charge is 2.21. The maximum atomic E-state index is 14.7. The number of ether oxygens (including phenoxy) is 2. The normalized spacial score (nSPS) is 13.3. The Morgan fingerprint density at radius 3 is 2.56 bits per heavy atom. The molecule has 0 amide bonds. The lowest BCUT2D eigenvalue weighted by Gasteiger charge is -2.28. The number of nitrogens with zero attached hydrogens (tertiary/aromatic N) is 5. The Hall–Kier alpha value is -4.50. The van der Waals surface area contributed by atoms with Gasteiger partial charge in [-0.1, -0.05) is 42.5 Å². The van der Waals surface area contributed by atoms with E-state index in [2.05, 4.69) is 39.6 Å². The first-order valence-corrected chi connectivity index (χ1v) is 12.9. The monoisotopic (exact) mass is 524 g/mol. The zero-order valence-electron chi connectivity index (χ0n) is 21.9. The van der Waals surface area contributed by atoms with Crippen molar-refractivity contribution in [2.45, 2.75) is 26.1 Å². The summed E-state index contributed by atoms with van der Waals surface area (Å²) in [5.41, 5.74) is 5.65. The van der Waals surface area contributed by atoms with Crippen LogP contribution >= 0.6 is 0 Å². The molecule has 1 N–H and O–H groups in total. The average molecular weight is 525 g/mol. The van der Waals surface area contributed by atoms with E-state index in [1.165, 1.54) is 17.2 Å². The number of halogens is 1. The van der Waals surface area contributed by atoms with Crippen molar-refractivity contribution in [3.8, 4) is 22.9 Å². The molecule has 0 bridgehead atoms. The molecule has 1 aliphatic rings. The molecule has 0 spiro atoms. The van der Waals surface area contributed by atoms with Crippen LogP contribution in [-0.2, 0) is 26.1 Å². The third kappa shape index (κ3) is 5.00. The summed E-state index contributed by atoms with van der Waals surface area (Å²) in [5.74, 6) is 1.78. The minimum absolute atomic E-state index is 0.320. The van der Waals surface area contributed by atoms with Gasteiger partial charge >= 0.3 is 0 Å². The van der Waals surface area contributed by atoms with E-state index < -0.39 is 0 Å². The molecule has 3 heterocycles. The van der Waals surface area contributed by atoms with Gasteiger partial charge in [0.2, 0.25) is 5.95 Å². The Morgan fingerprint density at radius 1 is 0.949 bits per heavy atom. The van der Waals surface area contributed by atoms with Gasteiger partial charge in [0, 0.05) is 37.9 Å². The highest BCUT2D eigenvalue weighted by Crippen LogP contribution is 2.29. The van der Waals surface area contributed by atoms with Gasteiger partial charge in [-0.05, 0) is 47.4 Å². The van der Waals surface area contributed by atoms with Crippen LogP contribution in [0.1, 0.15) is 22.3 Å². The first-order valence-electron chi connectivity index (χ1n) is 12.9. The quantitative estimate of drug-likeness (QED) is 0.302. The second-order valence-electron chi connectivity index (χ2n) is 9.53. The molecule has 0 aliphatic carbocycles. The van der Waals surface area contributed by atoms with Crippen LogP contribution in [0, 0.1) is 5.82 Å². The molecule has 1 aliphatic heterocycles. The van der Waals surface area contributed by atoms with Gasteiger partial charge in [0.1, 0.15) is 5.82 Å². The first kappa shape index (κ1) is 24.8. The second-order valence-corrected chi connectivity index (χ2v) is 9.53. The van der Waals surface area contributed by atoms with Crippen molar-refractivity contribution in [2.75, 3.05) is 26.1 Å². The molecule has 0 radical (unpaired) electrons. The molecular weight excluding hydrogens is 495 g/mol. The van der Waals surface area contributed by atoms with E-state index >= 15 is 0 Å². The molecule has 6 rings (SSSR count). The molecule has 0 saturated heterocycles. The van der Waals surface area contributed by atoms with Crippen LogP contribution in [0.5, 0.6) is 11.5 Å². The van der Waals surface area contributed by atoms with Crippen molar-refractivity contribution in [2.24, 2.45) is 0 Å². The fraction of sp³-hybridized carbons (Fsp3) is 0.233. The Balaban J connectivity index is 1.33. The van der Waals surface area contributed by atoms with Gasteiger partial charge in [-0.25, -0.2) is 14.4 Å². The minimum atomic E-state index is -0.365. The fourth-order valence-corrected chi connectivity index (χ4v) is 5.01. The van der Waals surface area contributed by atoms with Gasteiger partial charge in [-0.15, -0.1) is 5.10 Å². The Bertz CT molecular complexity index is 1640. The number of benzene rings is 3. The predicted octanol–water partition coefficient (Wildman–Crippen LogP) is 5.12. The van der Waals surface area contributed by atoms with Gasteiger partial charge in [0.05, 0.1) is 19.8 Å². The second kappa shape index (κ2) is 10.7. The van der Waals surface area contributed by atoms with Crippen LogP contribution in [-0.4, -0.2) is 45.2 Å². The van der Waals surface area contributed by atoms with Gasteiger partial charge in [-0.3, -0.25) is 4.90 Å². The largest absolute Gasteiger partial charge is 0.493 e. The van der Waals surface area contributed by atoms with Crippen molar-refractivity contribution >= 4 is 11.6 Å². The number of nitrogens with one attached hydrogen (secondary N) is 1. The van der Waals surface area contributed by atoms with Gasteiger partial charge in [-0.2, -0.15) is 4.52 Å². The van der Waals surface area contributed by atoms with Crippen molar-refractivity contribution < 1.29 is 13.9 Å². The number of aromatic nitrogens is 4. The molecule has 5 aromatic rings. The zero-order valence-corrected chi connectivity index (χ0v) is 21.9. The van der Waals surface area contributed by atoms with E-state index in [9.17, 15) is 4.39 Å². The smallest absolute Gasteiger partial charge is 0.226 e. The van der Waals surface area contributed by atoms with Crippen LogP contribution in [0.15, 0.2) is 72.9 Å². The van der Waals surface area contributed by atoms with Gasteiger partial charge in [0.15, 0.2) is 23.0 Å². The topological polar surface area (TPSA) is 76.8 Å². The summed E-state index contributed by atoms with van der Waals surface area (Å²) in [4.78, 5) is 11.9. The molecule has 2 aromatic heterocycles. The van der Waals surface area contributed by atoms with Crippen LogP contribution in [0.2, 0.25) is 0 Å². The molecule has 0 saturated carbocycles.